The average Bonchev–Trinajstić information content (AvgIpc) is 3.27. The van der Waals surface area contributed by atoms with Crippen molar-refractivity contribution in [3.63, 3.8) is 0 Å². The molecule has 3 rings (SSSR count). The number of nitrogens with two attached hydrogens (primary N) is 3. The van der Waals surface area contributed by atoms with Gasteiger partial charge in [0.05, 0.1) is 19.0 Å². The average molecular weight is 474 g/mol. The van der Waals surface area contributed by atoms with Crippen LogP contribution < -0.4 is 21.9 Å². The van der Waals surface area contributed by atoms with Gasteiger partial charge in [-0.05, 0) is 6.42 Å². The second kappa shape index (κ2) is 9.27. The minimum absolute atomic E-state index is 0.0949. The Morgan fingerprint density at radius 1 is 1.28 bits per heavy atom. The van der Waals surface area contributed by atoms with Gasteiger partial charge in [0.25, 0.3) is 5.91 Å². The number of aliphatic hydroxyl groups is 2. The normalized spacial score (nSPS) is 24.5. The number of anilines is 1. The predicted molar refractivity (Wildman–Crippen MR) is 105 cm³/mol. The molecule has 1 aliphatic heterocycles. The molecule has 2 aromatic rings. The molecule has 5 unspecified atom stereocenters. The van der Waals surface area contributed by atoms with Crippen molar-refractivity contribution in [2.45, 2.75) is 43.4 Å². The lowest BCUT2D eigenvalue weighted by Crippen LogP contribution is -2.45. The predicted octanol–water partition coefficient (Wildman–Crippen LogP) is -4.00. The van der Waals surface area contributed by atoms with Gasteiger partial charge in [-0.15, -0.1) is 0 Å². The number of rotatable bonds is 9. The van der Waals surface area contributed by atoms with Crippen LogP contribution in [0.2, 0.25) is 0 Å². The minimum atomic E-state index is -4.63. The molecule has 16 nitrogen and oxygen atoms in total. The van der Waals surface area contributed by atoms with Crippen LogP contribution >= 0.6 is 0 Å². The lowest BCUT2D eigenvalue weighted by molar-refractivity contribution is -0.121. The highest BCUT2D eigenvalue weighted by Crippen LogP contribution is 2.32. The van der Waals surface area contributed by atoms with Crippen molar-refractivity contribution in [2.24, 2.45) is 11.5 Å². The number of nitrogen functional groups attached to an aromatic ring is 1. The van der Waals surface area contributed by atoms with Crippen LogP contribution in [0.25, 0.3) is 11.2 Å². The van der Waals surface area contributed by atoms with Gasteiger partial charge in [0.2, 0.25) is 5.91 Å². The third-order valence-electron chi connectivity index (χ3n) is 4.65. The molecule has 9 N–H and O–H groups in total. The van der Waals surface area contributed by atoms with Gasteiger partial charge in [-0.25, -0.2) is 19.7 Å². The van der Waals surface area contributed by atoms with Gasteiger partial charge in [-0.3, -0.25) is 18.3 Å². The van der Waals surface area contributed by atoms with Crippen LogP contribution in [0.1, 0.15) is 19.1 Å². The lowest BCUT2D eigenvalue weighted by Gasteiger charge is -2.16. The number of ether oxygens (including phenoxy) is 1. The molecule has 5 atom stereocenters. The summed E-state index contributed by atoms with van der Waals surface area (Å²) in [6.07, 6.45) is -3.43. The van der Waals surface area contributed by atoms with Crippen LogP contribution in [0.3, 0.4) is 0 Å². The maximum absolute atomic E-state index is 12.0. The Labute approximate surface area is 181 Å². The van der Waals surface area contributed by atoms with Crippen molar-refractivity contribution in [3.8, 4) is 0 Å². The van der Waals surface area contributed by atoms with E-state index in [1.54, 1.807) is 4.72 Å². The number of hydrogen-bond acceptors (Lipinski definition) is 13. The van der Waals surface area contributed by atoms with E-state index in [4.69, 9.17) is 21.9 Å². The number of carbonyl (C=O) groups excluding carboxylic acids is 2. The summed E-state index contributed by atoms with van der Waals surface area (Å²) in [5.41, 5.74) is 16.6. The van der Waals surface area contributed by atoms with E-state index in [1.807, 2.05) is 0 Å². The zero-order valence-electron chi connectivity index (χ0n) is 16.4. The summed E-state index contributed by atoms with van der Waals surface area (Å²) in [4.78, 5) is 34.4. The first-order valence-electron chi connectivity index (χ1n) is 9.19. The Hall–Kier alpha value is -2.96. The summed E-state index contributed by atoms with van der Waals surface area (Å²) >= 11 is 0. The molecule has 32 heavy (non-hydrogen) atoms. The number of aromatic nitrogens is 4. The van der Waals surface area contributed by atoms with Crippen molar-refractivity contribution in [2.75, 3.05) is 12.3 Å². The first kappa shape index (κ1) is 23.7. The second-order valence-corrected chi connectivity index (χ2v) is 8.29. The van der Waals surface area contributed by atoms with Crippen molar-refractivity contribution >= 4 is 39.1 Å². The number of primary amides is 1. The molecule has 2 amide bonds. The van der Waals surface area contributed by atoms with Crippen LogP contribution in [0.5, 0.6) is 0 Å². The molecule has 0 saturated carbocycles. The number of amides is 2. The maximum atomic E-state index is 12.0. The molecule has 1 aliphatic rings. The van der Waals surface area contributed by atoms with Gasteiger partial charge in [0.15, 0.2) is 17.7 Å². The summed E-state index contributed by atoms with van der Waals surface area (Å²) in [7, 11) is -4.63. The van der Waals surface area contributed by atoms with Crippen molar-refractivity contribution in [1.82, 2.24) is 24.2 Å². The fourth-order valence-electron chi connectivity index (χ4n) is 2.97. The van der Waals surface area contributed by atoms with Gasteiger partial charge < -0.3 is 32.2 Å². The Morgan fingerprint density at radius 2 is 2.00 bits per heavy atom. The van der Waals surface area contributed by atoms with Crippen molar-refractivity contribution < 1.29 is 37.1 Å². The molecular weight excluding hydrogens is 452 g/mol. The summed E-state index contributed by atoms with van der Waals surface area (Å²) in [6.45, 7) is -0.738. The molecule has 3 heterocycles. The lowest BCUT2D eigenvalue weighted by atomic mass is 10.1. The molecule has 1 fully saturated rings. The highest BCUT2D eigenvalue weighted by molar-refractivity contribution is 7.85. The topological polar surface area (TPSA) is 261 Å². The van der Waals surface area contributed by atoms with Gasteiger partial charge in [-0.2, -0.15) is 8.42 Å². The Morgan fingerprint density at radius 3 is 2.69 bits per heavy atom. The van der Waals surface area contributed by atoms with Crippen LogP contribution in [0.4, 0.5) is 5.82 Å². The summed E-state index contributed by atoms with van der Waals surface area (Å²) in [6, 6.07) is -1.32. The first-order valence-corrected chi connectivity index (χ1v) is 10.6. The monoisotopic (exact) mass is 474 g/mol. The molecule has 0 aliphatic carbocycles. The minimum Gasteiger partial charge on any atom is -0.387 e. The highest BCUT2D eigenvalue weighted by atomic mass is 32.2. The maximum Gasteiger partial charge on any atom is 0.362 e. The molecule has 0 aromatic carbocycles. The smallest absolute Gasteiger partial charge is 0.362 e. The second-order valence-electron chi connectivity index (χ2n) is 6.95. The third kappa shape index (κ3) is 5.09. The van der Waals surface area contributed by atoms with Crippen molar-refractivity contribution in [3.05, 3.63) is 12.7 Å². The fraction of sp³-hybridized carbons (Fsp3) is 0.533. The number of hydrogen-bond donors (Lipinski definition) is 6. The van der Waals surface area contributed by atoms with E-state index in [2.05, 4.69) is 19.1 Å². The Bertz CT molecular complexity index is 1110. The fourth-order valence-corrected chi connectivity index (χ4v) is 3.74. The Balaban J connectivity index is 1.62. The first-order chi connectivity index (χ1) is 15.0. The van der Waals surface area contributed by atoms with E-state index >= 15 is 0 Å². The van der Waals surface area contributed by atoms with Gasteiger partial charge in [-0.1, -0.05) is 0 Å². The molecule has 176 valence electrons. The standard InChI is InChI=1S/C15H22N8O8S/c16-6(1-2-8(17)24)14(27)22-32(28,29)30-3-7-10(25)11(26)15(31-7)23-5-21-9-12(18)19-4-20-13(9)23/h4-7,10-11,15,25-26H,1-3,16H2,(H2,17,24)(H,22,27)(H2,18,19,20). The number of nitrogens with zero attached hydrogens (tertiary/aromatic N) is 4. The molecule has 2 aromatic heterocycles. The molecule has 1 saturated heterocycles. The van der Waals surface area contributed by atoms with Crippen LogP contribution in [-0.2, 0) is 28.8 Å². The van der Waals surface area contributed by atoms with E-state index in [9.17, 15) is 28.2 Å². The zero-order chi connectivity index (χ0) is 23.6. The molecule has 0 radical (unpaired) electrons. The highest BCUT2D eigenvalue weighted by Gasteiger charge is 2.45. The zero-order valence-corrected chi connectivity index (χ0v) is 17.3. The quantitative estimate of drug-likeness (QED) is 0.203. The number of fused-ring (bicyclic) bond motifs is 1. The van der Waals surface area contributed by atoms with Crippen LogP contribution in [-0.4, -0.2) is 80.9 Å². The third-order valence-corrected chi connectivity index (χ3v) is 5.55. The van der Waals surface area contributed by atoms with E-state index in [1.165, 1.54) is 17.2 Å². The Kier molecular flexibility index (Phi) is 6.86. The van der Waals surface area contributed by atoms with E-state index < -0.39 is 59.3 Å². The molecular formula is C15H22N8O8S. The molecule has 0 spiro atoms. The SMILES string of the molecule is NC(=O)CCC(N)C(=O)NS(=O)(=O)OCC1OC(n2cnc3c(N)ncnc32)C(O)C1O. The summed E-state index contributed by atoms with van der Waals surface area (Å²) in [5, 5.41) is 20.6. The van der Waals surface area contributed by atoms with E-state index in [0.717, 1.165) is 0 Å². The number of aliphatic hydroxyl groups excluding tert-OH is 2. The van der Waals surface area contributed by atoms with Gasteiger partial charge >= 0.3 is 10.3 Å². The summed E-state index contributed by atoms with van der Waals surface area (Å²) < 4.78 is 37.1. The number of imidazole rings is 1. The van der Waals surface area contributed by atoms with Gasteiger partial charge in [0, 0.05) is 6.42 Å². The van der Waals surface area contributed by atoms with E-state index in [0.29, 0.717) is 0 Å². The number of carbonyl (C=O) groups is 2. The van der Waals surface area contributed by atoms with Crippen LogP contribution in [0.15, 0.2) is 12.7 Å². The summed E-state index contributed by atoms with van der Waals surface area (Å²) in [5.74, 6) is -1.72. The number of nitrogens with one attached hydrogen (secondary N) is 1. The van der Waals surface area contributed by atoms with Crippen molar-refractivity contribution in [1.29, 1.82) is 0 Å². The van der Waals surface area contributed by atoms with Crippen LogP contribution in [0, 0.1) is 0 Å². The molecule has 0 bridgehead atoms. The van der Waals surface area contributed by atoms with Gasteiger partial charge in [0.1, 0.15) is 30.2 Å². The largest absolute Gasteiger partial charge is 0.387 e. The van der Waals surface area contributed by atoms with E-state index in [-0.39, 0.29) is 29.8 Å². The molecule has 17 heteroatoms.